The maximum Gasteiger partial charge on any atom is 0.357 e. The van der Waals surface area contributed by atoms with Crippen LogP contribution in [0.3, 0.4) is 0 Å². The number of ether oxygens (including phenoxy) is 1. The van der Waals surface area contributed by atoms with Gasteiger partial charge >= 0.3 is 5.97 Å². The van der Waals surface area contributed by atoms with E-state index in [0.29, 0.717) is 15.6 Å². The zero-order chi connectivity index (χ0) is 19.6. The number of benzene rings is 1. The van der Waals surface area contributed by atoms with Gasteiger partial charge in [-0.2, -0.15) is 0 Å². The maximum atomic E-state index is 12.6. The molecule has 5 nitrogen and oxygen atoms in total. The number of pyridine rings is 1. The molecule has 3 rings (SSSR count). The molecule has 1 aromatic carbocycles. The first kappa shape index (κ1) is 19.1. The molecule has 0 N–H and O–H groups in total. The molecule has 0 saturated carbocycles. The SMILES string of the molecule is Cc1cc(C(=O)COC(=O)c2cc(Cl)ccn2)c(C)n1-c1ccc(Cl)cc1. The molecule has 0 spiro atoms. The number of hydrogen-bond donors (Lipinski definition) is 0. The molecular weight excluding hydrogens is 387 g/mol. The molecule has 0 unspecified atom stereocenters. The highest BCUT2D eigenvalue weighted by Crippen LogP contribution is 2.22. The lowest BCUT2D eigenvalue weighted by atomic mass is 10.1. The van der Waals surface area contributed by atoms with Crippen LogP contribution >= 0.6 is 23.2 Å². The summed E-state index contributed by atoms with van der Waals surface area (Å²) in [6.45, 7) is 3.37. The number of Topliss-reactive ketones (excluding diaryl/α,β-unsaturated/α-hetero) is 1. The van der Waals surface area contributed by atoms with Gasteiger partial charge in [-0.25, -0.2) is 9.78 Å². The number of aryl methyl sites for hydroxylation is 1. The molecule has 7 heteroatoms. The summed E-state index contributed by atoms with van der Waals surface area (Å²) in [5, 5.41) is 1.01. The van der Waals surface area contributed by atoms with Gasteiger partial charge in [-0.15, -0.1) is 0 Å². The highest BCUT2D eigenvalue weighted by Gasteiger charge is 2.19. The molecule has 0 aliphatic heterocycles. The van der Waals surface area contributed by atoms with E-state index in [1.165, 1.54) is 12.3 Å². The molecule has 138 valence electrons. The van der Waals surface area contributed by atoms with Crippen LogP contribution in [0.2, 0.25) is 10.0 Å². The smallest absolute Gasteiger partial charge is 0.357 e. The maximum absolute atomic E-state index is 12.6. The van der Waals surface area contributed by atoms with Gasteiger partial charge in [0.2, 0.25) is 5.78 Å². The van der Waals surface area contributed by atoms with Crippen molar-refractivity contribution >= 4 is 35.0 Å². The van der Waals surface area contributed by atoms with Crippen molar-refractivity contribution in [1.82, 2.24) is 9.55 Å². The zero-order valence-electron chi connectivity index (χ0n) is 14.7. The van der Waals surface area contributed by atoms with E-state index in [4.69, 9.17) is 27.9 Å². The van der Waals surface area contributed by atoms with Crippen LogP contribution in [-0.4, -0.2) is 27.9 Å². The van der Waals surface area contributed by atoms with E-state index in [1.54, 1.807) is 24.3 Å². The number of esters is 1. The van der Waals surface area contributed by atoms with E-state index in [0.717, 1.165) is 17.1 Å². The summed E-state index contributed by atoms with van der Waals surface area (Å²) in [6, 6.07) is 12.0. The predicted octanol–water partition coefficient (Wildman–Crippen LogP) is 4.84. The average molecular weight is 403 g/mol. The topological polar surface area (TPSA) is 61.2 Å². The molecular formula is C20H16Cl2N2O3. The van der Waals surface area contributed by atoms with Gasteiger partial charge in [0.25, 0.3) is 0 Å². The molecule has 0 aliphatic carbocycles. The Kier molecular flexibility index (Phi) is 5.63. The second kappa shape index (κ2) is 7.94. The Morgan fingerprint density at radius 2 is 1.74 bits per heavy atom. The molecule has 0 amide bonds. The van der Waals surface area contributed by atoms with Gasteiger partial charge < -0.3 is 9.30 Å². The largest absolute Gasteiger partial charge is 0.453 e. The van der Waals surface area contributed by atoms with Crippen molar-refractivity contribution in [3.63, 3.8) is 0 Å². The van der Waals surface area contributed by atoms with Gasteiger partial charge in [-0.05, 0) is 56.3 Å². The lowest BCUT2D eigenvalue weighted by Gasteiger charge is -2.10. The van der Waals surface area contributed by atoms with Crippen LogP contribution in [0.25, 0.3) is 5.69 Å². The lowest BCUT2D eigenvalue weighted by molar-refractivity contribution is 0.0468. The van der Waals surface area contributed by atoms with Gasteiger partial charge in [0.1, 0.15) is 5.69 Å². The number of carbonyl (C=O) groups is 2. The number of aromatic nitrogens is 2. The predicted molar refractivity (Wildman–Crippen MR) is 104 cm³/mol. The Morgan fingerprint density at radius 1 is 1.04 bits per heavy atom. The molecule has 0 radical (unpaired) electrons. The minimum atomic E-state index is -0.697. The Bertz CT molecular complexity index is 1010. The molecule has 0 atom stereocenters. The molecule has 2 aromatic heterocycles. The average Bonchev–Trinajstić information content (AvgIpc) is 2.94. The first-order valence-electron chi connectivity index (χ1n) is 8.13. The highest BCUT2D eigenvalue weighted by atomic mass is 35.5. The first-order valence-corrected chi connectivity index (χ1v) is 8.89. The molecule has 3 aromatic rings. The van der Waals surface area contributed by atoms with E-state index >= 15 is 0 Å². The monoisotopic (exact) mass is 402 g/mol. The van der Waals surface area contributed by atoms with Gasteiger partial charge in [0.15, 0.2) is 6.61 Å². The third kappa shape index (κ3) is 4.21. The number of halogens is 2. The van der Waals surface area contributed by atoms with Crippen molar-refractivity contribution in [2.24, 2.45) is 0 Å². The third-order valence-electron chi connectivity index (χ3n) is 4.08. The molecule has 27 heavy (non-hydrogen) atoms. The molecule has 0 saturated heterocycles. The van der Waals surface area contributed by atoms with E-state index < -0.39 is 5.97 Å². The first-order chi connectivity index (χ1) is 12.9. The Hall–Kier alpha value is -2.63. The fraction of sp³-hybridized carbons (Fsp3) is 0.150. The van der Waals surface area contributed by atoms with Crippen LogP contribution in [0.15, 0.2) is 48.7 Å². The molecule has 2 heterocycles. The quantitative estimate of drug-likeness (QED) is 0.452. The Balaban J connectivity index is 1.76. The summed E-state index contributed by atoms with van der Waals surface area (Å²) in [6.07, 6.45) is 1.40. The zero-order valence-corrected chi connectivity index (χ0v) is 16.2. The van der Waals surface area contributed by atoms with Crippen molar-refractivity contribution < 1.29 is 14.3 Å². The normalized spacial score (nSPS) is 10.7. The number of ketones is 1. The number of hydrogen-bond acceptors (Lipinski definition) is 4. The summed E-state index contributed by atoms with van der Waals surface area (Å²) in [4.78, 5) is 28.5. The minimum absolute atomic E-state index is 0.0573. The van der Waals surface area contributed by atoms with Crippen LogP contribution < -0.4 is 0 Å². The van der Waals surface area contributed by atoms with Crippen LogP contribution in [0.4, 0.5) is 0 Å². The second-order valence-corrected chi connectivity index (χ2v) is 6.83. The fourth-order valence-corrected chi connectivity index (χ4v) is 3.12. The van der Waals surface area contributed by atoms with Gasteiger partial charge in [0.05, 0.1) is 0 Å². The van der Waals surface area contributed by atoms with E-state index in [-0.39, 0.29) is 18.1 Å². The van der Waals surface area contributed by atoms with E-state index in [1.807, 2.05) is 30.5 Å². The van der Waals surface area contributed by atoms with Crippen molar-refractivity contribution in [3.05, 3.63) is 81.4 Å². The van der Waals surface area contributed by atoms with Gasteiger partial charge in [-0.3, -0.25) is 4.79 Å². The van der Waals surface area contributed by atoms with Crippen molar-refractivity contribution in [2.75, 3.05) is 6.61 Å². The second-order valence-electron chi connectivity index (χ2n) is 5.96. The summed E-state index contributed by atoms with van der Waals surface area (Å²) in [5.41, 5.74) is 3.10. The Morgan fingerprint density at radius 3 is 2.41 bits per heavy atom. The van der Waals surface area contributed by atoms with Crippen molar-refractivity contribution in [2.45, 2.75) is 13.8 Å². The number of rotatable bonds is 5. The summed E-state index contributed by atoms with van der Waals surface area (Å²) in [5.74, 6) is -0.990. The minimum Gasteiger partial charge on any atom is -0.453 e. The summed E-state index contributed by atoms with van der Waals surface area (Å²) < 4.78 is 7.04. The summed E-state index contributed by atoms with van der Waals surface area (Å²) in [7, 11) is 0. The molecule has 0 aliphatic rings. The van der Waals surface area contributed by atoms with E-state index in [9.17, 15) is 9.59 Å². The van der Waals surface area contributed by atoms with Gasteiger partial charge in [0, 0.05) is 38.9 Å². The van der Waals surface area contributed by atoms with Crippen LogP contribution in [0, 0.1) is 13.8 Å². The standard InChI is InChI=1S/C20H16Cl2N2O3/c1-12-9-17(13(2)24(12)16-5-3-14(21)4-6-16)19(25)11-27-20(26)18-10-15(22)7-8-23-18/h3-10H,11H2,1-2H3. The summed E-state index contributed by atoms with van der Waals surface area (Å²) >= 11 is 11.8. The van der Waals surface area contributed by atoms with Crippen molar-refractivity contribution in [1.29, 1.82) is 0 Å². The fourth-order valence-electron chi connectivity index (χ4n) is 2.83. The lowest BCUT2D eigenvalue weighted by Crippen LogP contribution is -2.15. The molecule has 0 bridgehead atoms. The molecule has 0 fully saturated rings. The third-order valence-corrected chi connectivity index (χ3v) is 4.57. The number of carbonyl (C=O) groups excluding carboxylic acids is 2. The Labute approximate surface area is 166 Å². The van der Waals surface area contributed by atoms with Crippen LogP contribution in [-0.2, 0) is 4.74 Å². The highest BCUT2D eigenvalue weighted by molar-refractivity contribution is 6.31. The van der Waals surface area contributed by atoms with Crippen LogP contribution in [0.1, 0.15) is 32.2 Å². The van der Waals surface area contributed by atoms with E-state index in [2.05, 4.69) is 4.98 Å². The number of nitrogens with zero attached hydrogens (tertiary/aromatic N) is 2. The van der Waals surface area contributed by atoms with Crippen molar-refractivity contribution in [3.8, 4) is 5.69 Å². The van der Waals surface area contributed by atoms with Crippen LogP contribution in [0.5, 0.6) is 0 Å². The van der Waals surface area contributed by atoms with Gasteiger partial charge in [-0.1, -0.05) is 23.2 Å².